The van der Waals surface area contributed by atoms with Gasteiger partial charge in [-0.25, -0.2) is 4.98 Å². The first-order valence-electron chi connectivity index (χ1n) is 6.90. The van der Waals surface area contributed by atoms with E-state index in [-0.39, 0.29) is 17.4 Å². The summed E-state index contributed by atoms with van der Waals surface area (Å²) in [4.78, 5) is 18.0. The number of nitrogens with zero attached hydrogens (tertiary/aromatic N) is 4. The minimum absolute atomic E-state index is 0.0439. The van der Waals surface area contributed by atoms with Crippen LogP contribution in [0.15, 0.2) is 45.4 Å². The van der Waals surface area contributed by atoms with Crippen molar-refractivity contribution in [2.45, 2.75) is 20.4 Å². The summed E-state index contributed by atoms with van der Waals surface area (Å²) in [6.45, 7) is 4.25. The zero-order valence-corrected chi connectivity index (χ0v) is 12.2. The van der Waals surface area contributed by atoms with E-state index in [2.05, 4.69) is 20.2 Å². The highest BCUT2D eigenvalue weighted by Gasteiger charge is 2.15. The second kappa shape index (κ2) is 5.44. The Kier molecular flexibility index (Phi) is 3.46. The number of aromatic hydroxyl groups is 1. The van der Waals surface area contributed by atoms with Crippen molar-refractivity contribution in [2.75, 3.05) is 0 Å². The van der Waals surface area contributed by atoms with Gasteiger partial charge in [0.2, 0.25) is 11.8 Å². The van der Waals surface area contributed by atoms with Crippen LogP contribution in [-0.2, 0) is 6.54 Å². The Morgan fingerprint density at radius 2 is 2.09 bits per heavy atom. The van der Waals surface area contributed by atoms with E-state index in [0.29, 0.717) is 17.9 Å². The second-order valence-corrected chi connectivity index (χ2v) is 4.84. The molecular formula is C15H15N5O2. The van der Waals surface area contributed by atoms with Crippen LogP contribution in [0.4, 0.5) is 11.6 Å². The van der Waals surface area contributed by atoms with Gasteiger partial charge in [-0.15, -0.1) is 10.2 Å². The number of H-pyrrole nitrogens is 1. The first kappa shape index (κ1) is 14.0. The van der Waals surface area contributed by atoms with E-state index >= 15 is 0 Å². The molecule has 0 fully saturated rings. The van der Waals surface area contributed by atoms with Crippen molar-refractivity contribution in [2.24, 2.45) is 10.2 Å². The number of benzene rings is 1. The number of hydrogen-bond donors (Lipinski definition) is 2. The smallest absolute Gasteiger partial charge is 0.252 e. The van der Waals surface area contributed by atoms with Crippen LogP contribution in [-0.4, -0.2) is 19.6 Å². The summed E-state index contributed by atoms with van der Waals surface area (Å²) >= 11 is 0. The van der Waals surface area contributed by atoms with Gasteiger partial charge >= 0.3 is 0 Å². The van der Waals surface area contributed by atoms with Crippen molar-refractivity contribution < 1.29 is 5.11 Å². The molecule has 0 radical (unpaired) electrons. The Morgan fingerprint density at radius 3 is 2.82 bits per heavy atom. The van der Waals surface area contributed by atoms with Crippen molar-refractivity contribution in [3.8, 4) is 5.88 Å². The van der Waals surface area contributed by atoms with Gasteiger partial charge in [-0.2, -0.15) is 0 Å². The predicted molar refractivity (Wildman–Crippen MR) is 83.0 cm³/mol. The lowest BCUT2D eigenvalue weighted by molar-refractivity contribution is 0.427. The second-order valence-electron chi connectivity index (χ2n) is 4.84. The van der Waals surface area contributed by atoms with E-state index < -0.39 is 0 Å². The van der Waals surface area contributed by atoms with E-state index in [0.717, 1.165) is 10.9 Å². The van der Waals surface area contributed by atoms with E-state index in [1.807, 2.05) is 31.2 Å². The average molecular weight is 297 g/mol. The Morgan fingerprint density at radius 1 is 1.32 bits per heavy atom. The minimum Gasteiger partial charge on any atom is -0.493 e. The van der Waals surface area contributed by atoms with Crippen LogP contribution in [0, 0.1) is 6.92 Å². The maximum Gasteiger partial charge on any atom is 0.252 e. The molecule has 2 aromatic heterocycles. The van der Waals surface area contributed by atoms with Gasteiger partial charge in [-0.05, 0) is 19.9 Å². The summed E-state index contributed by atoms with van der Waals surface area (Å²) in [6.07, 6.45) is 0. The molecule has 1 aromatic carbocycles. The molecule has 0 saturated carbocycles. The summed E-state index contributed by atoms with van der Waals surface area (Å²) < 4.78 is 1.75. The average Bonchev–Trinajstić information content (AvgIpc) is 2.75. The topological polar surface area (TPSA) is 95.6 Å². The van der Waals surface area contributed by atoms with Gasteiger partial charge in [-0.3, -0.25) is 9.78 Å². The van der Waals surface area contributed by atoms with Gasteiger partial charge < -0.3 is 9.67 Å². The zero-order valence-electron chi connectivity index (χ0n) is 12.2. The van der Waals surface area contributed by atoms with Crippen molar-refractivity contribution in [1.29, 1.82) is 0 Å². The monoisotopic (exact) mass is 297 g/mol. The quantitative estimate of drug-likeness (QED) is 0.727. The highest BCUT2D eigenvalue weighted by molar-refractivity contribution is 5.94. The molecule has 0 amide bonds. The summed E-state index contributed by atoms with van der Waals surface area (Å²) in [5.41, 5.74) is 1.50. The number of aromatic nitrogens is 3. The van der Waals surface area contributed by atoms with E-state index in [4.69, 9.17) is 0 Å². The van der Waals surface area contributed by atoms with Gasteiger partial charge in [0.25, 0.3) is 5.56 Å². The molecule has 22 heavy (non-hydrogen) atoms. The number of nitrogens with one attached hydrogen (secondary N) is 1. The first-order valence-corrected chi connectivity index (χ1v) is 6.90. The maximum atomic E-state index is 11.4. The highest BCUT2D eigenvalue weighted by atomic mass is 16.3. The molecule has 3 rings (SSSR count). The lowest BCUT2D eigenvalue weighted by Gasteiger charge is -2.00. The van der Waals surface area contributed by atoms with E-state index in [1.165, 1.54) is 6.07 Å². The van der Waals surface area contributed by atoms with Crippen LogP contribution in [0.1, 0.15) is 12.6 Å². The Hall–Kier alpha value is -2.96. The van der Waals surface area contributed by atoms with Gasteiger partial charge in [0.05, 0.1) is 5.52 Å². The van der Waals surface area contributed by atoms with Crippen LogP contribution in [0.5, 0.6) is 5.88 Å². The summed E-state index contributed by atoms with van der Waals surface area (Å²) in [5.74, 6) is 0.153. The van der Waals surface area contributed by atoms with Gasteiger partial charge in [0, 0.05) is 23.7 Å². The van der Waals surface area contributed by atoms with Crippen LogP contribution in [0.25, 0.3) is 10.9 Å². The number of aromatic amines is 1. The molecule has 0 aliphatic carbocycles. The molecule has 3 aromatic rings. The van der Waals surface area contributed by atoms with Crippen LogP contribution >= 0.6 is 0 Å². The molecule has 0 atom stereocenters. The molecule has 0 unspecified atom stereocenters. The molecule has 112 valence electrons. The molecular weight excluding hydrogens is 282 g/mol. The largest absolute Gasteiger partial charge is 0.493 e. The molecule has 0 saturated heterocycles. The zero-order chi connectivity index (χ0) is 15.7. The normalized spacial score (nSPS) is 11.5. The molecule has 7 heteroatoms. The Bertz CT molecular complexity index is 923. The minimum atomic E-state index is -0.290. The van der Waals surface area contributed by atoms with E-state index in [1.54, 1.807) is 11.5 Å². The predicted octanol–water partition coefficient (Wildman–Crippen LogP) is 3.17. The molecule has 0 spiro atoms. The number of fused-ring (bicyclic) bond motifs is 1. The molecule has 2 heterocycles. The fourth-order valence-electron chi connectivity index (χ4n) is 2.40. The Labute approximate surface area is 126 Å². The van der Waals surface area contributed by atoms with Crippen molar-refractivity contribution in [3.05, 3.63) is 46.4 Å². The third kappa shape index (κ3) is 2.37. The number of aryl methyl sites for hydroxylation is 2. The third-order valence-corrected chi connectivity index (χ3v) is 3.34. The third-order valence-electron chi connectivity index (χ3n) is 3.34. The van der Waals surface area contributed by atoms with Crippen LogP contribution < -0.4 is 5.56 Å². The van der Waals surface area contributed by atoms with E-state index in [9.17, 15) is 9.90 Å². The van der Waals surface area contributed by atoms with Crippen molar-refractivity contribution in [1.82, 2.24) is 14.5 Å². The number of hydrogen-bond acceptors (Lipinski definition) is 5. The number of rotatable bonds is 3. The lowest BCUT2D eigenvalue weighted by atomic mass is 10.2. The highest BCUT2D eigenvalue weighted by Crippen LogP contribution is 2.38. The molecule has 0 aliphatic rings. The number of para-hydroxylation sites is 1. The first-order chi connectivity index (χ1) is 10.6. The van der Waals surface area contributed by atoms with Crippen molar-refractivity contribution in [3.63, 3.8) is 0 Å². The van der Waals surface area contributed by atoms with Gasteiger partial charge in [0.1, 0.15) is 0 Å². The van der Waals surface area contributed by atoms with Gasteiger partial charge in [0.15, 0.2) is 5.69 Å². The fraction of sp³-hybridized carbons (Fsp3) is 0.200. The molecule has 0 bridgehead atoms. The standard InChI is InChI=1S/C15H15N5O2/c1-3-20-11-7-5-4-6-10(11)13(14(20)22)18-19-15-16-9(2)8-12(21)17-15/h4-8,22H,3H2,1-2H3,(H,16,17,21). The maximum absolute atomic E-state index is 11.4. The summed E-state index contributed by atoms with van der Waals surface area (Å²) in [7, 11) is 0. The Balaban J connectivity index is 2.12. The van der Waals surface area contributed by atoms with Gasteiger partial charge in [-0.1, -0.05) is 18.2 Å². The lowest BCUT2D eigenvalue weighted by Crippen LogP contribution is -2.05. The molecule has 2 N–H and O–H groups in total. The fourth-order valence-corrected chi connectivity index (χ4v) is 2.40. The van der Waals surface area contributed by atoms with Crippen LogP contribution in [0.3, 0.4) is 0 Å². The molecule has 0 aliphatic heterocycles. The molecule has 7 nitrogen and oxygen atoms in total. The summed E-state index contributed by atoms with van der Waals surface area (Å²) in [5, 5.41) is 19.1. The SMILES string of the molecule is CCn1c(O)c(N=Nc2nc(C)cc(=O)[nH]2)c2ccccc21. The van der Waals surface area contributed by atoms with Crippen LogP contribution in [0.2, 0.25) is 0 Å². The summed E-state index contributed by atoms with van der Waals surface area (Å²) in [6, 6.07) is 8.91. The van der Waals surface area contributed by atoms with Crippen molar-refractivity contribution >= 4 is 22.5 Å². The number of azo groups is 1.